The third kappa shape index (κ3) is 6.88. The Balaban J connectivity index is 4.24. The fraction of sp³-hybridized carbons (Fsp3) is 0.750. The molecule has 0 aromatic rings. The number of nitrogens with one attached hydrogen (secondary N) is 2. The van der Waals surface area contributed by atoms with Crippen LogP contribution < -0.4 is 10.6 Å². The maximum Gasteiger partial charge on any atom is 0.325 e. The molecule has 0 saturated heterocycles. The fourth-order valence-corrected chi connectivity index (χ4v) is 1.24. The van der Waals surface area contributed by atoms with E-state index >= 15 is 0 Å². The van der Waals surface area contributed by atoms with Crippen LogP contribution in [0.3, 0.4) is 0 Å². The summed E-state index contributed by atoms with van der Waals surface area (Å²) in [6.45, 7) is 8.64. The van der Waals surface area contributed by atoms with Crippen LogP contribution in [0.5, 0.6) is 0 Å². The highest BCUT2D eigenvalue weighted by Gasteiger charge is 2.22. The van der Waals surface area contributed by atoms with Gasteiger partial charge in [0.15, 0.2) is 0 Å². The maximum absolute atomic E-state index is 11.6. The van der Waals surface area contributed by atoms with E-state index in [9.17, 15) is 14.4 Å². The van der Waals surface area contributed by atoms with Crippen molar-refractivity contribution in [3.8, 4) is 0 Å². The molecule has 0 aromatic carbocycles. The van der Waals surface area contributed by atoms with Gasteiger partial charge < -0.3 is 15.7 Å². The lowest BCUT2D eigenvalue weighted by Crippen LogP contribution is -2.49. The molecule has 0 rings (SSSR count). The molecule has 0 fully saturated rings. The average molecular weight is 258 g/mol. The highest BCUT2D eigenvalue weighted by Crippen LogP contribution is 2.17. The monoisotopic (exact) mass is 258 g/mol. The Morgan fingerprint density at radius 2 is 1.56 bits per heavy atom. The molecule has 1 unspecified atom stereocenters. The zero-order valence-electron chi connectivity index (χ0n) is 11.5. The van der Waals surface area contributed by atoms with E-state index in [0.717, 1.165) is 0 Å². The van der Waals surface area contributed by atoms with Gasteiger partial charge in [-0.15, -0.1) is 0 Å². The van der Waals surface area contributed by atoms with Gasteiger partial charge >= 0.3 is 5.97 Å². The SMILES string of the molecule is CC(NC(=O)CC(C)(C)C)C(=O)N[C@@H](C)C(=O)O. The van der Waals surface area contributed by atoms with Crippen LogP contribution in [0.15, 0.2) is 0 Å². The Morgan fingerprint density at radius 3 is 1.94 bits per heavy atom. The Bertz CT molecular complexity index is 333. The molecule has 18 heavy (non-hydrogen) atoms. The molecule has 6 nitrogen and oxygen atoms in total. The summed E-state index contributed by atoms with van der Waals surface area (Å²) in [6, 6.07) is -1.72. The minimum absolute atomic E-state index is 0.158. The largest absolute Gasteiger partial charge is 0.480 e. The molecule has 2 amide bonds. The summed E-state index contributed by atoms with van der Waals surface area (Å²) in [5, 5.41) is 13.5. The van der Waals surface area contributed by atoms with Gasteiger partial charge in [-0.05, 0) is 19.3 Å². The summed E-state index contributed by atoms with van der Waals surface area (Å²) in [6.07, 6.45) is 0.305. The molecule has 0 aromatic heterocycles. The third-order valence-electron chi connectivity index (χ3n) is 2.19. The summed E-state index contributed by atoms with van der Waals surface area (Å²) in [5.41, 5.74) is -0.158. The van der Waals surface area contributed by atoms with Crippen molar-refractivity contribution in [2.24, 2.45) is 5.41 Å². The second-order valence-electron chi connectivity index (χ2n) is 5.60. The number of carboxylic acid groups (broad SMARTS) is 1. The lowest BCUT2D eigenvalue weighted by molar-refractivity contribution is -0.141. The topological polar surface area (TPSA) is 95.5 Å². The molecule has 0 saturated carbocycles. The molecule has 0 radical (unpaired) electrons. The molecule has 3 N–H and O–H groups in total. The van der Waals surface area contributed by atoms with Crippen molar-refractivity contribution in [3.63, 3.8) is 0 Å². The maximum atomic E-state index is 11.6. The lowest BCUT2D eigenvalue weighted by Gasteiger charge is -2.20. The van der Waals surface area contributed by atoms with Gasteiger partial charge in [-0.1, -0.05) is 20.8 Å². The number of aliphatic carboxylic acids is 1. The van der Waals surface area contributed by atoms with Crippen molar-refractivity contribution in [2.45, 2.75) is 53.1 Å². The fourth-order valence-electron chi connectivity index (χ4n) is 1.24. The van der Waals surface area contributed by atoms with E-state index in [4.69, 9.17) is 5.11 Å². The van der Waals surface area contributed by atoms with Crippen LogP contribution in [0, 0.1) is 5.41 Å². The average Bonchev–Trinajstić information content (AvgIpc) is 2.13. The summed E-state index contributed by atoms with van der Waals surface area (Å²) in [5.74, 6) is -1.85. The van der Waals surface area contributed by atoms with Gasteiger partial charge in [0, 0.05) is 6.42 Å². The second kappa shape index (κ2) is 6.37. The molecule has 0 aliphatic carbocycles. The Labute approximate surface area is 107 Å². The van der Waals surface area contributed by atoms with E-state index in [2.05, 4.69) is 10.6 Å². The first-order chi connectivity index (χ1) is 8.03. The van der Waals surface area contributed by atoms with Crippen molar-refractivity contribution in [3.05, 3.63) is 0 Å². The third-order valence-corrected chi connectivity index (χ3v) is 2.19. The van der Waals surface area contributed by atoms with Gasteiger partial charge in [0.2, 0.25) is 11.8 Å². The van der Waals surface area contributed by atoms with Gasteiger partial charge in [0.1, 0.15) is 12.1 Å². The van der Waals surface area contributed by atoms with Crippen molar-refractivity contribution in [2.75, 3.05) is 0 Å². The predicted octanol–water partition coefficient (Wildman–Crippen LogP) is 0.517. The van der Waals surface area contributed by atoms with Gasteiger partial charge in [0.05, 0.1) is 0 Å². The highest BCUT2D eigenvalue weighted by molar-refractivity contribution is 5.90. The quantitative estimate of drug-likeness (QED) is 0.669. The van der Waals surface area contributed by atoms with Gasteiger partial charge in [-0.3, -0.25) is 14.4 Å². The zero-order valence-corrected chi connectivity index (χ0v) is 11.5. The molecule has 104 valence electrons. The summed E-state index contributed by atoms with van der Waals surface area (Å²) in [4.78, 5) is 33.7. The number of carbonyl (C=O) groups is 3. The standard InChI is InChI=1S/C12H22N2O4/c1-7(10(16)14-8(2)11(17)18)13-9(15)6-12(3,4)5/h7-8H,6H2,1-5H3,(H,13,15)(H,14,16)(H,17,18)/t7?,8-/m0/s1. The number of carbonyl (C=O) groups excluding carboxylic acids is 2. The van der Waals surface area contributed by atoms with Crippen molar-refractivity contribution in [1.82, 2.24) is 10.6 Å². The number of rotatable bonds is 5. The first kappa shape index (κ1) is 16.4. The first-order valence-corrected chi connectivity index (χ1v) is 5.85. The molecule has 0 aliphatic heterocycles. The van der Waals surface area contributed by atoms with Crippen molar-refractivity contribution in [1.29, 1.82) is 0 Å². The summed E-state index contributed by atoms with van der Waals surface area (Å²) < 4.78 is 0. The van der Waals surface area contributed by atoms with Crippen LogP contribution in [0.4, 0.5) is 0 Å². The Kier molecular flexibility index (Phi) is 5.81. The molecular weight excluding hydrogens is 236 g/mol. The van der Waals surface area contributed by atoms with E-state index in [1.54, 1.807) is 0 Å². The minimum atomic E-state index is -1.11. The minimum Gasteiger partial charge on any atom is -0.480 e. The summed E-state index contributed by atoms with van der Waals surface area (Å²) in [7, 11) is 0. The van der Waals surface area contributed by atoms with Gasteiger partial charge in [0.25, 0.3) is 0 Å². The van der Waals surface area contributed by atoms with Crippen LogP contribution in [0.2, 0.25) is 0 Å². The number of carboxylic acids is 1. The van der Waals surface area contributed by atoms with Crippen LogP contribution in [-0.2, 0) is 14.4 Å². The highest BCUT2D eigenvalue weighted by atomic mass is 16.4. The smallest absolute Gasteiger partial charge is 0.325 e. The van der Waals surface area contributed by atoms with E-state index in [0.29, 0.717) is 6.42 Å². The Morgan fingerprint density at radius 1 is 1.06 bits per heavy atom. The predicted molar refractivity (Wildman–Crippen MR) is 66.9 cm³/mol. The zero-order chi connectivity index (χ0) is 14.5. The van der Waals surface area contributed by atoms with Gasteiger partial charge in [-0.25, -0.2) is 0 Å². The molecule has 0 aliphatic rings. The van der Waals surface area contributed by atoms with Gasteiger partial charge in [-0.2, -0.15) is 0 Å². The molecular formula is C12H22N2O4. The van der Waals surface area contributed by atoms with E-state index in [1.165, 1.54) is 13.8 Å². The molecule has 0 spiro atoms. The van der Waals surface area contributed by atoms with E-state index in [1.807, 2.05) is 20.8 Å². The number of hydrogen-bond acceptors (Lipinski definition) is 3. The number of hydrogen-bond donors (Lipinski definition) is 3. The number of amides is 2. The van der Waals surface area contributed by atoms with Crippen LogP contribution >= 0.6 is 0 Å². The lowest BCUT2D eigenvalue weighted by atomic mass is 9.92. The van der Waals surface area contributed by atoms with Crippen LogP contribution in [0.1, 0.15) is 41.0 Å². The van der Waals surface area contributed by atoms with Crippen molar-refractivity contribution >= 4 is 17.8 Å². The second-order valence-corrected chi connectivity index (χ2v) is 5.60. The molecule has 0 bridgehead atoms. The molecule has 2 atom stereocenters. The normalized spacial score (nSPS) is 14.5. The van der Waals surface area contributed by atoms with Crippen molar-refractivity contribution < 1.29 is 19.5 Å². The van der Waals surface area contributed by atoms with Crippen LogP contribution in [-0.4, -0.2) is 35.0 Å². The first-order valence-electron chi connectivity index (χ1n) is 5.85. The van der Waals surface area contributed by atoms with E-state index < -0.39 is 24.0 Å². The molecule has 6 heteroatoms. The van der Waals surface area contributed by atoms with Crippen LogP contribution in [0.25, 0.3) is 0 Å². The Hall–Kier alpha value is -1.59. The van der Waals surface area contributed by atoms with E-state index in [-0.39, 0.29) is 11.3 Å². The molecule has 0 heterocycles. The summed E-state index contributed by atoms with van der Waals surface area (Å²) >= 11 is 0.